The zero-order valence-corrected chi connectivity index (χ0v) is 15.9. The van der Waals surface area contributed by atoms with E-state index in [0.29, 0.717) is 12.8 Å². The smallest absolute Gasteiger partial charge is 0.408 e. The molecule has 148 valence electrons. The Balaban J connectivity index is 2.05. The average Bonchev–Trinajstić information content (AvgIpc) is 2.65. The largest absolute Gasteiger partial charge is 0.480 e. The molecule has 0 radical (unpaired) electrons. The van der Waals surface area contributed by atoms with Gasteiger partial charge >= 0.3 is 12.1 Å². The van der Waals surface area contributed by atoms with Gasteiger partial charge in [-0.1, -0.05) is 63.4 Å². The molecule has 0 spiro atoms. The molecule has 1 atom stereocenters. The number of amides is 2. The minimum Gasteiger partial charge on any atom is -0.480 e. The molecule has 2 rings (SSSR count). The Kier molecular flexibility index (Phi) is 7.21. The third-order valence-corrected chi connectivity index (χ3v) is 4.92. The summed E-state index contributed by atoms with van der Waals surface area (Å²) in [6.45, 7) is 3.57. The van der Waals surface area contributed by atoms with Gasteiger partial charge in [0.15, 0.2) is 0 Å². The first-order valence-electron chi connectivity index (χ1n) is 9.37. The maximum Gasteiger partial charge on any atom is 0.408 e. The van der Waals surface area contributed by atoms with Crippen molar-refractivity contribution in [3.8, 4) is 0 Å². The van der Waals surface area contributed by atoms with Crippen molar-refractivity contribution in [3.05, 3.63) is 35.9 Å². The third kappa shape index (κ3) is 5.70. The number of aliphatic carboxylic acids is 1. The van der Waals surface area contributed by atoms with Crippen LogP contribution in [-0.4, -0.2) is 34.7 Å². The van der Waals surface area contributed by atoms with Gasteiger partial charge in [0, 0.05) is 0 Å². The number of rotatable bonds is 7. The second-order valence-electron chi connectivity index (χ2n) is 7.36. The number of hydrogen-bond donors (Lipinski definition) is 3. The molecule has 1 aromatic carbocycles. The summed E-state index contributed by atoms with van der Waals surface area (Å²) >= 11 is 0. The van der Waals surface area contributed by atoms with E-state index in [1.54, 1.807) is 13.8 Å². The van der Waals surface area contributed by atoms with E-state index < -0.39 is 29.6 Å². The van der Waals surface area contributed by atoms with Crippen molar-refractivity contribution in [2.24, 2.45) is 5.92 Å². The molecule has 0 aliphatic heterocycles. The van der Waals surface area contributed by atoms with Crippen molar-refractivity contribution in [1.29, 1.82) is 0 Å². The monoisotopic (exact) mass is 376 g/mol. The van der Waals surface area contributed by atoms with E-state index in [2.05, 4.69) is 10.6 Å². The Morgan fingerprint density at radius 1 is 1.11 bits per heavy atom. The first-order valence-corrected chi connectivity index (χ1v) is 9.37. The molecule has 1 aliphatic carbocycles. The lowest BCUT2D eigenvalue weighted by Crippen LogP contribution is -2.62. The lowest BCUT2D eigenvalue weighted by molar-refractivity contribution is -0.144. The van der Waals surface area contributed by atoms with Gasteiger partial charge in [0.1, 0.15) is 18.2 Å². The van der Waals surface area contributed by atoms with Gasteiger partial charge in [0.2, 0.25) is 5.91 Å². The number of ether oxygens (including phenoxy) is 1. The maximum atomic E-state index is 12.9. The molecule has 0 saturated heterocycles. The molecule has 1 aromatic rings. The van der Waals surface area contributed by atoms with Crippen LogP contribution >= 0.6 is 0 Å². The number of hydrogen-bond acceptors (Lipinski definition) is 4. The number of carboxylic acids is 1. The molecule has 7 heteroatoms. The second kappa shape index (κ2) is 9.39. The summed E-state index contributed by atoms with van der Waals surface area (Å²) in [6, 6.07) is 8.26. The normalized spacial score (nSPS) is 17.0. The van der Waals surface area contributed by atoms with Crippen LogP contribution < -0.4 is 10.6 Å². The highest BCUT2D eigenvalue weighted by molar-refractivity contribution is 5.92. The number of carbonyl (C=O) groups excluding carboxylic acids is 2. The van der Waals surface area contributed by atoms with Gasteiger partial charge in [-0.05, 0) is 24.3 Å². The Labute approximate surface area is 159 Å². The highest BCUT2D eigenvalue weighted by Crippen LogP contribution is 2.29. The molecule has 0 heterocycles. The quantitative estimate of drug-likeness (QED) is 0.679. The number of carbonyl (C=O) groups is 3. The summed E-state index contributed by atoms with van der Waals surface area (Å²) in [5, 5.41) is 14.7. The van der Waals surface area contributed by atoms with Crippen LogP contribution in [-0.2, 0) is 20.9 Å². The van der Waals surface area contributed by atoms with Crippen molar-refractivity contribution in [1.82, 2.24) is 10.6 Å². The third-order valence-electron chi connectivity index (χ3n) is 4.92. The summed E-state index contributed by atoms with van der Waals surface area (Å²) < 4.78 is 5.26. The van der Waals surface area contributed by atoms with E-state index in [1.165, 1.54) is 0 Å². The van der Waals surface area contributed by atoms with Crippen molar-refractivity contribution in [2.75, 3.05) is 0 Å². The van der Waals surface area contributed by atoms with E-state index in [1.807, 2.05) is 30.3 Å². The molecule has 7 nitrogen and oxygen atoms in total. The SMILES string of the molecule is CC(C)C(NC(=O)C1(NC(=O)OCc2ccccc2)CCCCC1)C(=O)O. The Hall–Kier alpha value is -2.57. The molecule has 1 saturated carbocycles. The number of nitrogens with one attached hydrogen (secondary N) is 2. The number of benzene rings is 1. The van der Waals surface area contributed by atoms with E-state index in [9.17, 15) is 19.5 Å². The van der Waals surface area contributed by atoms with Crippen LogP contribution in [0.3, 0.4) is 0 Å². The predicted molar refractivity (Wildman–Crippen MR) is 100.0 cm³/mol. The van der Waals surface area contributed by atoms with Crippen LogP contribution in [0.4, 0.5) is 4.79 Å². The predicted octanol–water partition coefficient (Wildman–Crippen LogP) is 2.84. The zero-order valence-electron chi connectivity index (χ0n) is 15.9. The first kappa shape index (κ1) is 20.7. The summed E-state index contributed by atoms with van der Waals surface area (Å²) in [6.07, 6.45) is 2.79. The van der Waals surface area contributed by atoms with Gasteiger partial charge in [-0.3, -0.25) is 4.79 Å². The van der Waals surface area contributed by atoms with Gasteiger partial charge in [-0.25, -0.2) is 9.59 Å². The van der Waals surface area contributed by atoms with Crippen molar-refractivity contribution >= 4 is 18.0 Å². The van der Waals surface area contributed by atoms with Crippen molar-refractivity contribution in [3.63, 3.8) is 0 Å². The minimum absolute atomic E-state index is 0.105. The molecule has 27 heavy (non-hydrogen) atoms. The van der Waals surface area contributed by atoms with Crippen molar-refractivity contribution < 1.29 is 24.2 Å². The molecule has 3 N–H and O–H groups in total. The van der Waals surface area contributed by atoms with E-state index in [-0.39, 0.29) is 12.5 Å². The summed E-state index contributed by atoms with van der Waals surface area (Å²) in [5.41, 5.74) is -0.283. The first-order chi connectivity index (χ1) is 12.8. The molecule has 1 aliphatic rings. The number of alkyl carbamates (subject to hydrolysis) is 1. The summed E-state index contributed by atoms with van der Waals surface area (Å²) in [7, 11) is 0. The molecule has 2 amide bonds. The van der Waals surface area contributed by atoms with E-state index in [0.717, 1.165) is 24.8 Å². The van der Waals surface area contributed by atoms with Crippen LogP contribution in [0.1, 0.15) is 51.5 Å². The fourth-order valence-electron chi connectivity index (χ4n) is 3.31. The maximum absolute atomic E-state index is 12.9. The van der Waals surface area contributed by atoms with Crippen LogP contribution in [0.5, 0.6) is 0 Å². The van der Waals surface area contributed by atoms with Crippen molar-refractivity contribution in [2.45, 2.75) is 64.1 Å². The lowest BCUT2D eigenvalue weighted by Gasteiger charge is -2.37. The fourth-order valence-corrected chi connectivity index (χ4v) is 3.31. The van der Waals surface area contributed by atoms with Gasteiger partial charge in [0.25, 0.3) is 0 Å². The minimum atomic E-state index is -1.13. The standard InChI is InChI=1S/C20H28N2O5/c1-14(2)16(17(23)24)21-18(25)20(11-7-4-8-12-20)22-19(26)27-13-15-9-5-3-6-10-15/h3,5-6,9-10,14,16H,4,7-8,11-13H2,1-2H3,(H,21,25)(H,22,26)(H,23,24). The zero-order chi connectivity index (χ0) is 19.9. The second-order valence-corrected chi connectivity index (χ2v) is 7.36. The lowest BCUT2D eigenvalue weighted by atomic mass is 9.80. The average molecular weight is 376 g/mol. The van der Waals surface area contributed by atoms with Crippen LogP contribution in [0, 0.1) is 5.92 Å². The summed E-state index contributed by atoms with van der Waals surface area (Å²) in [5.74, 6) is -1.81. The molecule has 1 unspecified atom stereocenters. The Morgan fingerprint density at radius 2 is 1.74 bits per heavy atom. The van der Waals surface area contributed by atoms with Gasteiger partial charge in [-0.2, -0.15) is 0 Å². The highest BCUT2D eigenvalue weighted by Gasteiger charge is 2.43. The summed E-state index contributed by atoms with van der Waals surface area (Å²) in [4.78, 5) is 36.6. The van der Waals surface area contributed by atoms with Crippen LogP contribution in [0.25, 0.3) is 0 Å². The molecule has 1 fully saturated rings. The fraction of sp³-hybridized carbons (Fsp3) is 0.550. The Morgan fingerprint density at radius 3 is 2.30 bits per heavy atom. The molecule has 0 aromatic heterocycles. The Bertz CT molecular complexity index is 654. The highest BCUT2D eigenvalue weighted by atomic mass is 16.5. The van der Waals surface area contributed by atoms with E-state index >= 15 is 0 Å². The van der Waals surface area contributed by atoms with Gasteiger partial charge < -0.3 is 20.5 Å². The van der Waals surface area contributed by atoms with Crippen LogP contribution in [0.2, 0.25) is 0 Å². The van der Waals surface area contributed by atoms with Gasteiger partial charge in [-0.15, -0.1) is 0 Å². The molecular formula is C20H28N2O5. The molecule has 0 bridgehead atoms. The molecular weight excluding hydrogens is 348 g/mol. The van der Waals surface area contributed by atoms with Crippen LogP contribution in [0.15, 0.2) is 30.3 Å². The van der Waals surface area contributed by atoms with Gasteiger partial charge in [0.05, 0.1) is 0 Å². The number of carboxylic acid groups (broad SMARTS) is 1. The topological polar surface area (TPSA) is 105 Å². The van der Waals surface area contributed by atoms with E-state index in [4.69, 9.17) is 4.74 Å².